The van der Waals surface area contributed by atoms with Crippen molar-refractivity contribution in [3.8, 4) is 5.75 Å². The second kappa shape index (κ2) is 8.52. The first-order valence-corrected chi connectivity index (χ1v) is 8.54. The van der Waals surface area contributed by atoms with E-state index in [1.165, 1.54) is 6.92 Å². The van der Waals surface area contributed by atoms with E-state index in [4.69, 9.17) is 9.47 Å². The van der Waals surface area contributed by atoms with Crippen LogP contribution in [0.25, 0.3) is 0 Å². The van der Waals surface area contributed by atoms with Crippen molar-refractivity contribution in [2.45, 2.75) is 40.7 Å². The first-order chi connectivity index (χ1) is 12.3. The van der Waals surface area contributed by atoms with E-state index in [0.29, 0.717) is 11.4 Å². The van der Waals surface area contributed by atoms with Crippen LogP contribution in [-0.2, 0) is 14.3 Å². The Labute approximate surface area is 154 Å². The van der Waals surface area contributed by atoms with Gasteiger partial charge >= 0.3 is 5.97 Å². The normalized spacial score (nSPS) is 11.6. The predicted molar refractivity (Wildman–Crippen MR) is 102 cm³/mol. The average molecular weight is 355 g/mol. The van der Waals surface area contributed by atoms with Gasteiger partial charge in [0.2, 0.25) is 0 Å². The van der Waals surface area contributed by atoms with Crippen LogP contribution in [0.2, 0.25) is 0 Å². The average Bonchev–Trinajstić information content (AvgIpc) is 2.56. The van der Waals surface area contributed by atoms with Gasteiger partial charge < -0.3 is 14.8 Å². The molecule has 26 heavy (non-hydrogen) atoms. The summed E-state index contributed by atoms with van der Waals surface area (Å²) in [5.41, 5.74) is 4.88. The third-order valence-corrected chi connectivity index (χ3v) is 4.09. The summed E-state index contributed by atoms with van der Waals surface area (Å²) in [6.07, 6.45) is -0.912. The molecule has 138 valence electrons. The van der Waals surface area contributed by atoms with Crippen LogP contribution in [0, 0.1) is 27.7 Å². The topological polar surface area (TPSA) is 64.6 Å². The highest BCUT2D eigenvalue weighted by Crippen LogP contribution is 2.19. The molecule has 0 fully saturated rings. The van der Waals surface area contributed by atoms with Crippen molar-refractivity contribution in [3.63, 3.8) is 0 Å². The van der Waals surface area contributed by atoms with Crippen LogP contribution >= 0.6 is 0 Å². The molecule has 0 bridgehead atoms. The van der Waals surface area contributed by atoms with Gasteiger partial charge in [-0.1, -0.05) is 18.2 Å². The maximum Gasteiger partial charge on any atom is 0.344 e. The monoisotopic (exact) mass is 355 g/mol. The fraction of sp³-hybridized carbons (Fsp3) is 0.333. The molecule has 0 radical (unpaired) electrons. The Morgan fingerprint density at radius 1 is 1.04 bits per heavy atom. The summed E-state index contributed by atoms with van der Waals surface area (Å²) < 4.78 is 10.6. The second-order valence-corrected chi connectivity index (χ2v) is 6.48. The highest BCUT2D eigenvalue weighted by Gasteiger charge is 2.19. The molecule has 2 rings (SSSR count). The summed E-state index contributed by atoms with van der Waals surface area (Å²) in [6.45, 7) is 9.10. The predicted octanol–water partition coefficient (Wildman–Crippen LogP) is 3.87. The minimum absolute atomic E-state index is 0.246. The quantitative estimate of drug-likeness (QED) is 0.799. The van der Waals surface area contributed by atoms with E-state index >= 15 is 0 Å². The lowest BCUT2D eigenvalue weighted by molar-refractivity contribution is -0.155. The largest absolute Gasteiger partial charge is 0.482 e. The number of aryl methyl sites for hydroxylation is 3. The molecule has 0 aromatic heterocycles. The highest BCUT2D eigenvalue weighted by atomic mass is 16.6. The van der Waals surface area contributed by atoms with Gasteiger partial charge in [-0.25, -0.2) is 4.79 Å². The molecule has 5 nitrogen and oxygen atoms in total. The van der Waals surface area contributed by atoms with Gasteiger partial charge in [0.05, 0.1) is 0 Å². The minimum Gasteiger partial charge on any atom is -0.482 e. The number of nitrogens with one attached hydrogen (secondary N) is 1. The van der Waals surface area contributed by atoms with Gasteiger partial charge in [-0.3, -0.25) is 4.79 Å². The van der Waals surface area contributed by atoms with Crippen LogP contribution < -0.4 is 10.1 Å². The lowest BCUT2D eigenvalue weighted by Crippen LogP contribution is -2.32. The van der Waals surface area contributed by atoms with Crippen LogP contribution in [-0.4, -0.2) is 24.6 Å². The summed E-state index contributed by atoms with van der Waals surface area (Å²) in [5.74, 6) is -0.363. The highest BCUT2D eigenvalue weighted by molar-refractivity contribution is 5.95. The molecule has 0 saturated carbocycles. The number of esters is 1. The van der Waals surface area contributed by atoms with Crippen LogP contribution in [0.3, 0.4) is 0 Å². The molecule has 2 aromatic rings. The number of carbonyl (C=O) groups excluding carboxylic acids is 2. The van der Waals surface area contributed by atoms with Gasteiger partial charge in [0.15, 0.2) is 12.7 Å². The summed E-state index contributed by atoms with van der Waals surface area (Å²) in [7, 11) is 0. The number of carbonyl (C=O) groups is 2. The maximum absolute atomic E-state index is 12.2. The molecule has 5 heteroatoms. The Bertz CT molecular complexity index is 793. The number of hydrogen-bond donors (Lipinski definition) is 1. The fourth-order valence-electron chi connectivity index (χ4n) is 2.56. The lowest BCUT2D eigenvalue weighted by atomic mass is 10.1. The third-order valence-electron chi connectivity index (χ3n) is 4.09. The summed E-state index contributed by atoms with van der Waals surface area (Å²) in [4.78, 5) is 24.2. The van der Waals surface area contributed by atoms with Crippen molar-refractivity contribution in [3.05, 3.63) is 58.7 Å². The lowest BCUT2D eigenvalue weighted by Gasteiger charge is -2.16. The number of ether oxygens (including phenoxy) is 2. The number of hydrogen-bond acceptors (Lipinski definition) is 4. The van der Waals surface area contributed by atoms with E-state index in [1.54, 1.807) is 0 Å². The Kier molecular flexibility index (Phi) is 6.39. The van der Waals surface area contributed by atoms with Gasteiger partial charge in [-0.2, -0.15) is 0 Å². The summed E-state index contributed by atoms with van der Waals surface area (Å²) in [5, 5.41) is 2.79. The Morgan fingerprint density at radius 2 is 1.69 bits per heavy atom. The van der Waals surface area contributed by atoms with Crippen molar-refractivity contribution < 1.29 is 19.1 Å². The summed E-state index contributed by atoms with van der Waals surface area (Å²) in [6, 6.07) is 11.4. The SMILES string of the molecule is Cc1cc(C)cc(OCC(=O)OC(C)C(=O)Nc2cccc(C)c2C)c1. The van der Waals surface area contributed by atoms with Crippen molar-refractivity contribution in [2.75, 3.05) is 11.9 Å². The van der Waals surface area contributed by atoms with E-state index in [2.05, 4.69) is 5.32 Å². The van der Waals surface area contributed by atoms with E-state index in [0.717, 1.165) is 22.3 Å². The van der Waals surface area contributed by atoms with E-state index in [-0.39, 0.29) is 12.5 Å². The maximum atomic E-state index is 12.2. The molecule has 0 spiro atoms. The second-order valence-electron chi connectivity index (χ2n) is 6.48. The van der Waals surface area contributed by atoms with Gasteiger partial charge in [0.1, 0.15) is 5.75 Å². The van der Waals surface area contributed by atoms with Crippen LogP contribution in [0.15, 0.2) is 36.4 Å². The Balaban J connectivity index is 1.87. The molecule has 0 saturated heterocycles. The molecular weight excluding hydrogens is 330 g/mol. The summed E-state index contributed by atoms with van der Waals surface area (Å²) >= 11 is 0. The molecule has 0 aliphatic rings. The molecule has 1 atom stereocenters. The zero-order valence-corrected chi connectivity index (χ0v) is 15.9. The molecule has 1 amide bonds. The van der Waals surface area contributed by atoms with Crippen molar-refractivity contribution in [1.82, 2.24) is 0 Å². The molecule has 0 heterocycles. The molecule has 1 unspecified atom stereocenters. The zero-order valence-electron chi connectivity index (χ0n) is 15.9. The first kappa shape index (κ1) is 19.5. The van der Waals surface area contributed by atoms with Gasteiger partial charge in [0, 0.05) is 5.69 Å². The van der Waals surface area contributed by atoms with Crippen molar-refractivity contribution >= 4 is 17.6 Å². The zero-order chi connectivity index (χ0) is 19.3. The standard InChI is InChI=1S/C21H25NO4/c1-13-9-14(2)11-18(10-13)25-12-20(23)26-17(5)21(24)22-19-8-6-7-15(3)16(19)4/h6-11,17H,12H2,1-5H3,(H,22,24). The number of anilines is 1. The van der Waals surface area contributed by atoms with E-state index < -0.39 is 12.1 Å². The molecule has 2 aromatic carbocycles. The van der Waals surface area contributed by atoms with E-state index in [1.807, 2.05) is 64.1 Å². The Morgan fingerprint density at radius 3 is 2.35 bits per heavy atom. The van der Waals surface area contributed by atoms with E-state index in [9.17, 15) is 9.59 Å². The van der Waals surface area contributed by atoms with Crippen molar-refractivity contribution in [1.29, 1.82) is 0 Å². The van der Waals surface area contributed by atoms with Gasteiger partial charge in [-0.05, 0) is 75.1 Å². The van der Waals surface area contributed by atoms with Crippen LogP contribution in [0.5, 0.6) is 5.75 Å². The van der Waals surface area contributed by atoms with Crippen LogP contribution in [0.1, 0.15) is 29.2 Å². The molecular formula is C21H25NO4. The van der Waals surface area contributed by atoms with Gasteiger partial charge in [-0.15, -0.1) is 0 Å². The molecule has 1 N–H and O–H groups in total. The number of rotatable bonds is 6. The first-order valence-electron chi connectivity index (χ1n) is 8.54. The number of benzene rings is 2. The third kappa shape index (κ3) is 5.34. The Hall–Kier alpha value is -2.82. The van der Waals surface area contributed by atoms with Gasteiger partial charge in [0.25, 0.3) is 5.91 Å². The van der Waals surface area contributed by atoms with Crippen molar-refractivity contribution in [2.24, 2.45) is 0 Å². The molecule has 0 aliphatic heterocycles. The smallest absolute Gasteiger partial charge is 0.344 e. The minimum atomic E-state index is -0.912. The number of amides is 1. The fourth-order valence-corrected chi connectivity index (χ4v) is 2.56. The van der Waals surface area contributed by atoms with Crippen LogP contribution in [0.4, 0.5) is 5.69 Å². The molecule has 0 aliphatic carbocycles.